The van der Waals surface area contributed by atoms with Crippen molar-refractivity contribution in [2.75, 3.05) is 6.54 Å². The van der Waals surface area contributed by atoms with E-state index in [0.717, 1.165) is 12.8 Å². The molecule has 0 aliphatic heterocycles. The van der Waals surface area contributed by atoms with Crippen LogP contribution in [-0.2, 0) is 0 Å². The molecular weight excluding hydrogens is 102 g/mol. The minimum absolute atomic E-state index is 0.462. The Morgan fingerprint density at radius 1 is 1.88 bits per heavy atom. The Labute approximate surface area is 48.6 Å². The second kappa shape index (κ2) is 2.07. The number of hydrogen-bond donors (Lipinski definition) is 0. The summed E-state index contributed by atoms with van der Waals surface area (Å²) in [6, 6.07) is 0. The summed E-state index contributed by atoms with van der Waals surface area (Å²) in [4.78, 5) is 9.56. The highest BCUT2D eigenvalue weighted by Crippen LogP contribution is 2.38. The topological polar surface area (TPSA) is 29.4 Å². The molecule has 8 heavy (non-hydrogen) atoms. The Kier molecular flexibility index (Phi) is 1.42. The molecule has 1 aliphatic rings. The van der Waals surface area contributed by atoms with Gasteiger partial charge in [-0.1, -0.05) is 17.3 Å². The van der Waals surface area contributed by atoms with E-state index in [1.165, 1.54) is 5.57 Å². The minimum Gasteiger partial charge on any atom is -0.151 e. The highest BCUT2D eigenvalue weighted by atomic mass is 16.3. The maximum atomic E-state index is 9.56. The van der Waals surface area contributed by atoms with Crippen molar-refractivity contribution in [2.24, 2.45) is 11.1 Å². The van der Waals surface area contributed by atoms with Gasteiger partial charge in [-0.05, 0) is 18.8 Å². The van der Waals surface area contributed by atoms with Gasteiger partial charge in [0.1, 0.15) is 0 Å². The van der Waals surface area contributed by atoms with Gasteiger partial charge in [-0.3, -0.25) is 0 Å². The highest BCUT2D eigenvalue weighted by molar-refractivity contribution is 5.18. The standard InChI is InChI=1S/C6H9NO/c1-5-4-6(5)2-3-7-8/h6H,1-4H2. The zero-order valence-electron chi connectivity index (χ0n) is 4.76. The summed E-state index contributed by atoms with van der Waals surface area (Å²) in [7, 11) is 0. The fourth-order valence-electron chi connectivity index (χ4n) is 0.772. The van der Waals surface area contributed by atoms with Crippen LogP contribution in [0.4, 0.5) is 0 Å². The Morgan fingerprint density at radius 2 is 2.50 bits per heavy atom. The molecule has 0 bridgehead atoms. The number of nitroso groups, excluding NO2 is 1. The summed E-state index contributed by atoms with van der Waals surface area (Å²) in [5, 5.41) is 2.76. The lowest BCUT2D eigenvalue weighted by Crippen LogP contribution is -1.79. The molecule has 0 amide bonds. The van der Waals surface area contributed by atoms with Crippen molar-refractivity contribution in [2.45, 2.75) is 12.8 Å². The van der Waals surface area contributed by atoms with Gasteiger partial charge in [0.15, 0.2) is 0 Å². The summed E-state index contributed by atoms with van der Waals surface area (Å²) in [6.07, 6.45) is 2.04. The van der Waals surface area contributed by atoms with Gasteiger partial charge < -0.3 is 0 Å². The molecule has 1 fully saturated rings. The highest BCUT2D eigenvalue weighted by Gasteiger charge is 2.26. The van der Waals surface area contributed by atoms with Crippen LogP contribution in [-0.4, -0.2) is 6.54 Å². The van der Waals surface area contributed by atoms with Gasteiger partial charge in [0.25, 0.3) is 0 Å². The zero-order valence-corrected chi connectivity index (χ0v) is 4.76. The normalized spacial score (nSPS) is 25.5. The van der Waals surface area contributed by atoms with Crippen molar-refractivity contribution in [1.29, 1.82) is 0 Å². The van der Waals surface area contributed by atoms with E-state index in [4.69, 9.17) is 0 Å². The van der Waals surface area contributed by atoms with Crippen LogP contribution < -0.4 is 0 Å². The maximum absolute atomic E-state index is 9.56. The minimum atomic E-state index is 0.462. The van der Waals surface area contributed by atoms with Crippen molar-refractivity contribution in [3.05, 3.63) is 17.1 Å². The molecular formula is C6H9NO. The summed E-state index contributed by atoms with van der Waals surface area (Å²) >= 11 is 0. The summed E-state index contributed by atoms with van der Waals surface area (Å²) < 4.78 is 0. The molecule has 0 aromatic heterocycles. The second-order valence-corrected chi connectivity index (χ2v) is 2.20. The van der Waals surface area contributed by atoms with E-state index >= 15 is 0 Å². The number of rotatable bonds is 3. The molecule has 2 heteroatoms. The van der Waals surface area contributed by atoms with Crippen LogP contribution in [0, 0.1) is 10.8 Å². The first-order chi connectivity index (χ1) is 3.84. The molecule has 0 spiro atoms. The van der Waals surface area contributed by atoms with Crippen LogP contribution in [0.5, 0.6) is 0 Å². The number of hydrogen-bond acceptors (Lipinski definition) is 2. The van der Waals surface area contributed by atoms with Crippen LogP contribution in [0.25, 0.3) is 0 Å². The van der Waals surface area contributed by atoms with Crippen molar-refractivity contribution in [3.63, 3.8) is 0 Å². The third-order valence-electron chi connectivity index (χ3n) is 1.49. The van der Waals surface area contributed by atoms with E-state index in [9.17, 15) is 4.91 Å². The number of nitrogens with zero attached hydrogens (tertiary/aromatic N) is 1. The fraction of sp³-hybridized carbons (Fsp3) is 0.667. The molecule has 2 nitrogen and oxygen atoms in total. The van der Waals surface area contributed by atoms with Gasteiger partial charge in [0.2, 0.25) is 0 Å². The van der Waals surface area contributed by atoms with Crippen molar-refractivity contribution >= 4 is 0 Å². The van der Waals surface area contributed by atoms with E-state index in [2.05, 4.69) is 11.8 Å². The first-order valence-electron chi connectivity index (χ1n) is 2.81. The molecule has 1 saturated carbocycles. The predicted octanol–water partition coefficient (Wildman–Crippen LogP) is 1.72. The lowest BCUT2D eigenvalue weighted by molar-refractivity contribution is 0.758. The summed E-state index contributed by atoms with van der Waals surface area (Å²) in [5.41, 5.74) is 1.29. The first-order valence-corrected chi connectivity index (χ1v) is 2.81. The molecule has 0 aromatic carbocycles. The maximum Gasteiger partial charge on any atom is 0.0817 e. The molecule has 0 heterocycles. The van der Waals surface area contributed by atoms with Crippen LogP contribution in [0.2, 0.25) is 0 Å². The molecule has 0 radical (unpaired) electrons. The van der Waals surface area contributed by atoms with E-state index in [0.29, 0.717) is 12.5 Å². The largest absolute Gasteiger partial charge is 0.151 e. The summed E-state index contributed by atoms with van der Waals surface area (Å²) in [5.74, 6) is 0.632. The van der Waals surface area contributed by atoms with Gasteiger partial charge in [-0.15, -0.1) is 0 Å². The van der Waals surface area contributed by atoms with Gasteiger partial charge in [0.05, 0.1) is 6.54 Å². The SMILES string of the molecule is C=C1CC1CCN=O. The van der Waals surface area contributed by atoms with Crippen LogP contribution >= 0.6 is 0 Å². The fourth-order valence-corrected chi connectivity index (χ4v) is 0.772. The second-order valence-electron chi connectivity index (χ2n) is 2.20. The van der Waals surface area contributed by atoms with Crippen molar-refractivity contribution in [3.8, 4) is 0 Å². The Hall–Kier alpha value is -0.660. The van der Waals surface area contributed by atoms with E-state index in [-0.39, 0.29) is 0 Å². The molecule has 0 aromatic rings. The van der Waals surface area contributed by atoms with Gasteiger partial charge >= 0.3 is 0 Å². The average Bonchev–Trinajstić information content (AvgIpc) is 2.42. The number of allylic oxidation sites excluding steroid dienone is 1. The Bertz CT molecular complexity index is 120. The summed E-state index contributed by atoms with van der Waals surface area (Å²) in [6.45, 7) is 4.22. The van der Waals surface area contributed by atoms with Crippen LogP contribution in [0.1, 0.15) is 12.8 Å². The van der Waals surface area contributed by atoms with Gasteiger partial charge in [-0.25, -0.2) is 0 Å². The molecule has 1 rings (SSSR count). The molecule has 44 valence electrons. The van der Waals surface area contributed by atoms with Crippen molar-refractivity contribution in [1.82, 2.24) is 0 Å². The third kappa shape index (κ3) is 1.15. The molecule has 0 saturated heterocycles. The van der Waals surface area contributed by atoms with Crippen LogP contribution in [0.3, 0.4) is 0 Å². The molecule has 1 atom stereocenters. The lowest BCUT2D eigenvalue weighted by Gasteiger charge is -1.82. The zero-order chi connectivity index (χ0) is 5.98. The van der Waals surface area contributed by atoms with Crippen LogP contribution in [0.15, 0.2) is 17.3 Å². The third-order valence-corrected chi connectivity index (χ3v) is 1.49. The van der Waals surface area contributed by atoms with E-state index < -0.39 is 0 Å². The van der Waals surface area contributed by atoms with Gasteiger partial charge in [-0.2, -0.15) is 4.91 Å². The van der Waals surface area contributed by atoms with E-state index in [1.807, 2.05) is 0 Å². The predicted molar refractivity (Wildman–Crippen MR) is 32.5 cm³/mol. The first kappa shape index (κ1) is 5.48. The molecule has 0 N–H and O–H groups in total. The Morgan fingerprint density at radius 3 is 2.88 bits per heavy atom. The monoisotopic (exact) mass is 111 g/mol. The van der Waals surface area contributed by atoms with E-state index in [1.54, 1.807) is 0 Å². The van der Waals surface area contributed by atoms with Crippen molar-refractivity contribution < 1.29 is 0 Å². The molecule has 1 unspecified atom stereocenters. The Balaban J connectivity index is 2.05. The van der Waals surface area contributed by atoms with Gasteiger partial charge in [0, 0.05) is 0 Å². The quantitative estimate of drug-likeness (QED) is 0.402. The average molecular weight is 111 g/mol. The lowest BCUT2D eigenvalue weighted by atomic mass is 10.3. The molecule has 1 aliphatic carbocycles. The smallest absolute Gasteiger partial charge is 0.0817 e.